The molecule has 37 heavy (non-hydrogen) atoms. The average Bonchev–Trinajstić information content (AvgIpc) is 2.95. The summed E-state index contributed by atoms with van der Waals surface area (Å²) in [5.41, 5.74) is 5.81. The largest absolute Gasteiger partial charge is 0.352 e. The molecule has 190 valence electrons. The van der Waals surface area contributed by atoms with Gasteiger partial charge in [0.25, 0.3) is 0 Å². The summed E-state index contributed by atoms with van der Waals surface area (Å²) >= 11 is 0. The molecule has 1 N–H and O–H groups in total. The van der Waals surface area contributed by atoms with Crippen molar-refractivity contribution >= 4 is 23.0 Å². The molecule has 3 heteroatoms. The molecule has 4 aromatic carbocycles. The van der Waals surface area contributed by atoms with Gasteiger partial charge in [-0.15, -0.1) is 0 Å². The second-order valence-electron chi connectivity index (χ2n) is 9.71. The van der Waals surface area contributed by atoms with Gasteiger partial charge < -0.3 is 10.2 Å². The third-order valence-electron chi connectivity index (χ3n) is 6.77. The molecule has 0 aliphatic heterocycles. The molecule has 0 aromatic heterocycles. The molecule has 0 saturated carbocycles. The van der Waals surface area contributed by atoms with Crippen molar-refractivity contribution in [2.45, 2.75) is 52.0 Å². The Hall–Kier alpha value is -3.85. The number of nitrogens with zero attached hydrogens (tertiary/aromatic N) is 1. The fourth-order valence-corrected chi connectivity index (χ4v) is 4.81. The Bertz CT molecular complexity index is 1150. The first kappa shape index (κ1) is 26.2. The molecule has 1 unspecified atom stereocenters. The van der Waals surface area contributed by atoms with E-state index < -0.39 is 0 Å². The minimum atomic E-state index is 0.140. The van der Waals surface area contributed by atoms with Crippen LogP contribution in [0, 0.1) is 5.92 Å². The van der Waals surface area contributed by atoms with Gasteiger partial charge in [-0.25, -0.2) is 0 Å². The maximum Gasteiger partial charge on any atom is 0.220 e. The van der Waals surface area contributed by atoms with E-state index in [9.17, 15) is 4.79 Å². The van der Waals surface area contributed by atoms with E-state index >= 15 is 0 Å². The lowest BCUT2D eigenvalue weighted by molar-refractivity contribution is -0.122. The summed E-state index contributed by atoms with van der Waals surface area (Å²) < 4.78 is 0. The van der Waals surface area contributed by atoms with Crippen LogP contribution in [0.4, 0.5) is 17.1 Å². The third kappa shape index (κ3) is 8.08. The fourth-order valence-electron chi connectivity index (χ4n) is 4.81. The molecular formula is C34H38N2O. The molecule has 0 fully saturated rings. The molecular weight excluding hydrogens is 452 g/mol. The molecule has 0 bridgehead atoms. The zero-order valence-corrected chi connectivity index (χ0v) is 21.9. The Morgan fingerprint density at radius 3 is 1.78 bits per heavy atom. The highest BCUT2D eigenvalue weighted by atomic mass is 16.1. The fraction of sp³-hybridized carbons (Fsp3) is 0.265. The Morgan fingerprint density at radius 1 is 0.676 bits per heavy atom. The zero-order valence-electron chi connectivity index (χ0n) is 21.9. The van der Waals surface area contributed by atoms with Crippen LogP contribution in [0.15, 0.2) is 115 Å². The van der Waals surface area contributed by atoms with E-state index in [1.165, 1.54) is 24.8 Å². The van der Waals surface area contributed by atoms with Gasteiger partial charge in [0.15, 0.2) is 0 Å². The van der Waals surface area contributed by atoms with Crippen molar-refractivity contribution in [2.75, 3.05) is 4.90 Å². The topological polar surface area (TPSA) is 32.3 Å². The van der Waals surface area contributed by atoms with Gasteiger partial charge in [-0.2, -0.15) is 0 Å². The van der Waals surface area contributed by atoms with Crippen molar-refractivity contribution in [2.24, 2.45) is 5.92 Å². The number of carbonyl (C=O) groups is 1. The molecule has 4 aromatic rings. The first-order valence-electron chi connectivity index (χ1n) is 13.5. The molecule has 1 amide bonds. The van der Waals surface area contributed by atoms with Crippen molar-refractivity contribution in [1.29, 1.82) is 0 Å². The van der Waals surface area contributed by atoms with Crippen molar-refractivity contribution in [3.8, 4) is 0 Å². The summed E-state index contributed by atoms with van der Waals surface area (Å²) in [7, 11) is 0. The number of rotatable bonds is 13. The summed E-state index contributed by atoms with van der Waals surface area (Å²) in [6, 6.07) is 39.9. The second kappa shape index (κ2) is 14.0. The van der Waals surface area contributed by atoms with Crippen LogP contribution in [-0.4, -0.2) is 5.91 Å². The molecule has 3 nitrogen and oxygen atoms in total. The normalized spacial score (nSPS) is 11.6. The van der Waals surface area contributed by atoms with E-state index in [2.05, 4.69) is 102 Å². The Balaban J connectivity index is 1.44. The van der Waals surface area contributed by atoms with Crippen LogP contribution in [0.2, 0.25) is 0 Å². The summed E-state index contributed by atoms with van der Waals surface area (Å²) in [6.45, 7) is 2.82. The lowest BCUT2D eigenvalue weighted by Gasteiger charge is -2.25. The number of amides is 1. The van der Waals surface area contributed by atoms with Gasteiger partial charge in [0.2, 0.25) is 5.91 Å². The van der Waals surface area contributed by atoms with Gasteiger partial charge in [0, 0.05) is 30.0 Å². The number of carbonyl (C=O) groups excluding carboxylic acids is 1. The van der Waals surface area contributed by atoms with E-state index in [0.717, 1.165) is 35.5 Å². The summed E-state index contributed by atoms with van der Waals surface area (Å²) in [6.07, 6.45) is 6.13. The van der Waals surface area contributed by atoms with Gasteiger partial charge in [0.1, 0.15) is 0 Å². The quantitative estimate of drug-likeness (QED) is 0.190. The number of hydrogen-bond acceptors (Lipinski definition) is 2. The highest BCUT2D eigenvalue weighted by molar-refractivity contribution is 5.77. The monoisotopic (exact) mass is 490 g/mol. The molecule has 0 aliphatic carbocycles. The van der Waals surface area contributed by atoms with E-state index in [1.54, 1.807) is 0 Å². The summed E-state index contributed by atoms with van der Waals surface area (Å²) in [4.78, 5) is 15.1. The average molecular weight is 491 g/mol. The van der Waals surface area contributed by atoms with Gasteiger partial charge >= 0.3 is 0 Å². The predicted octanol–water partition coefficient (Wildman–Crippen LogP) is 8.60. The standard InChI is InChI=1S/C34H38N2O/c1-2-3-7-16-30(26-34(37)35-27-29-14-8-4-9-15-29)25-28-21-23-33(24-22-28)36(31-17-10-5-11-18-31)32-19-12-6-13-20-32/h4-6,8-15,17-24,30H,2-3,7,16,25-27H2,1H3,(H,35,37). The molecule has 0 aliphatic rings. The number of nitrogens with one attached hydrogen (secondary N) is 1. The lowest BCUT2D eigenvalue weighted by atomic mass is 9.90. The minimum Gasteiger partial charge on any atom is -0.352 e. The Morgan fingerprint density at radius 2 is 1.22 bits per heavy atom. The van der Waals surface area contributed by atoms with Crippen LogP contribution >= 0.6 is 0 Å². The molecule has 1 atom stereocenters. The van der Waals surface area contributed by atoms with E-state index in [1.807, 2.05) is 30.3 Å². The maximum atomic E-state index is 12.8. The molecule has 0 saturated heterocycles. The van der Waals surface area contributed by atoms with Gasteiger partial charge in [-0.3, -0.25) is 4.79 Å². The highest BCUT2D eigenvalue weighted by Gasteiger charge is 2.16. The van der Waals surface area contributed by atoms with E-state index in [4.69, 9.17) is 0 Å². The smallest absolute Gasteiger partial charge is 0.220 e. The van der Waals surface area contributed by atoms with E-state index in [-0.39, 0.29) is 5.91 Å². The molecule has 0 spiro atoms. The maximum absolute atomic E-state index is 12.8. The van der Waals surface area contributed by atoms with Crippen LogP contribution < -0.4 is 10.2 Å². The first-order valence-corrected chi connectivity index (χ1v) is 13.5. The van der Waals surface area contributed by atoms with Gasteiger partial charge in [0.05, 0.1) is 0 Å². The van der Waals surface area contributed by atoms with Crippen LogP contribution in [-0.2, 0) is 17.8 Å². The zero-order chi connectivity index (χ0) is 25.7. The van der Waals surface area contributed by atoms with Crippen LogP contribution in [0.25, 0.3) is 0 Å². The van der Waals surface area contributed by atoms with Gasteiger partial charge in [-0.1, -0.05) is 105 Å². The van der Waals surface area contributed by atoms with Crippen molar-refractivity contribution in [3.63, 3.8) is 0 Å². The first-order chi connectivity index (χ1) is 18.2. The van der Waals surface area contributed by atoms with Crippen LogP contribution in [0.3, 0.4) is 0 Å². The van der Waals surface area contributed by atoms with E-state index in [0.29, 0.717) is 18.9 Å². The second-order valence-corrected chi connectivity index (χ2v) is 9.71. The Kier molecular flexibility index (Phi) is 9.94. The molecule has 0 heterocycles. The van der Waals surface area contributed by atoms with Crippen molar-refractivity contribution < 1.29 is 4.79 Å². The minimum absolute atomic E-state index is 0.140. The molecule has 0 radical (unpaired) electrons. The van der Waals surface area contributed by atoms with Crippen molar-refractivity contribution in [3.05, 3.63) is 126 Å². The summed E-state index contributed by atoms with van der Waals surface area (Å²) in [5, 5.41) is 3.12. The van der Waals surface area contributed by atoms with Crippen LogP contribution in [0.5, 0.6) is 0 Å². The lowest BCUT2D eigenvalue weighted by Crippen LogP contribution is -2.26. The van der Waals surface area contributed by atoms with Crippen LogP contribution in [0.1, 0.15) is 50.2 Å². The number of unbranched alkanes of at least 4 members (excludes halogenated alkanes) is 2. The third-order valence-corrected chi connectivity index (χ3v) is 6.77. The number of benzene rings is 4. The summed E-state index contributed by atoms with van der Waals surface area (Å²) in [5.74, 6) is 0.480. The van der Waals surface area contributed by atoms with Crippen molar-refractivity contribution in [1.82, 2.24) is 5.32 Å². The SMILES string of the molecule is CCCCCC(CC(=O)NCc1ccccc1)Cc1ccc(N(c2ccccc2)c2ccccc2)cc1. The highest BCUT2D eigenvalue weighted by Crippen LogP contribution is 2.34. The van der Waals surface area contributed by atoms with Gasteiger partial charge in [-0.05, 0) is 66.3 Å². The molecule has 4 rings (SSSR count). The number of hydrogen-bond donors (Lipinski definition) is 1. The Labute approximate surface area is 222 Å². The predicted molar refractivity (Wildman–Crippen MR) is 155 cm³/mol. The number of anilines is 3. The number of para-hydroxylation sites is 2.